The van der Waals surface area contributed by atoms with Crippen LogP contribution in [0.25, 0.3) is 10.9 Å². The number of nitrogens with one attached hydrogen (secondary N) is 1. The lowest BCUT2D eigenvalue weighted by Crippen LogP contribution is -2.42. The van der Waals surface area contributed by atoms with Gasteiger partial charge in [-0.05, 0) is 73.7 Å². The molecule has 1 aromatic carbocycles. The van der Waals surface area contributed by atoms with Gasteiger partial charge in [0.05, 0.1) is 18.7 Å². The minimum absolute atomic E-state index is 0.00401. The van der Waals surface area contributed by atoms with Gasteiger partial charge in [-0.25, -0.2) is 4.68 Å². The lowest BCUT2D eigenvalue weighted by atomic mass is 9.95. The van der Waals surface area contributed by atoms with Gasteiger partial charge in [-0.1, -0.05) is 33.6 Å². The molecule has 1 unspecified atom stereocenters. The predicted molar refractivity (Wildman–Crippen MR) is 134 cm³/mol. The van der Waals surface area contributed by atoms with E-state index >= 15 is 0 Å². The van der Waals surface area contributed by atoms with Crippen molar-refractivity contribution < 1.29 is 4.74 Å². The van der Waals surface area contributed by atoms with E-state index in [0.29, 0.717) is 12.6 Å². The first-order chi connectivity index (χ1) is 16.2. The van der Waals surface area contributed by atoms with E-state index in [4.69, 9.17) is 4.74 Å². The van der Waals surface area contributed by atoms with Crippen LogP contribution in [0.2, 0.25) is 0 Å². The summed E-state index contributed by atoms with van der Waals surface area (Å²) in [4.78, 5) is 18.7. The zero-order valence-electron chi connectivity index (χ0n) is 21.3. The normalized spacial score (nSPS) is 16.1. The molecule has 1 aliphatic rings. The summed E-state index contributed by atoms with van der Waals surface area (Å²) in [6, 6.07) is 8.14. The van der Waals surface area contributed by atoms with Crippen LogP contribution in [0.15, 0.2) is 29.1 Å². The Morgan fingerprint density at radius 1 is 1.24 bits per heavy atom. The number of pyridine rings is 1. The van der Waals surface area contributed by atoms with Crippen molar-refractivity contribution in [2.75, 3.05) is 7.11 Å². The van der Waals surface area contributed by atoms with Crippen molar-refractivity contribution >= 4 is 10.9 Å². The van der Waals surface area contributed by atoms with Crippen molar-refractivity contribution in [2.24, 2.45) is 5.92 Å². The van der Waals surface area contributed by atoms with Crippen LogP contribution in [-0.4, -0.2) is 43.2 Å². The topological polar surface area (TPSA) is 88.9 Å². The molecular weight excluding hydrogens is 428 g/mol. The fourth-order valence-corrected chi connectivity index (χ4v) is 5.15. The lowest BCUT2D eigenvalue weighted by Gasteiger charge is -2.39. The first kappa shape index (κ1) is 24.4. The first-order valence-electron chi connectivity index (χ1n) is 12.5. The van der Waals surface area contributed by atoms with Gasteiger partial charge < -0.3 is 9.72 Å². The molecule has 0 radical (unpaired) electrons. The van der Waals surface area contributed by atoms with Crippen LogP contribution in [0.5, 0.6) is 5.75 Å². The van der Waals surface area contributed by atoms with Crippen LogP contribution in [0, 0.1) is 5.92 Å². The van der Waals surface area contributed by atoms with Crippen LogP contribution in [0.1, 0.15) is 84.2 Å². The second-order valence-electron chi connectivity index (χ2n) is 10.5. The van der Waals surface area contributed by atoms with E-state index in [2.05, 4.69) is 60.0 Å². The fourth-order valence-electron chi connectivity index (χ4n) is 5.15. The second kappa shape index (κ2) is 9.86. The number of methoxy groups -OCH3 is 1. The van der Waals surface area contributed by atoms with Crippen molar-refractivity contribution in [3.63, 3.8) is 0 Å². The van der Waals surface area contributed by atoms with Crippen molar-refractivity contribution in [3.8, 4) is 5.75 Å². The molecule has 2 aromatic heterocycles. The molecule has 1 atom stereocenters. The summed E-state index contributed by atoms with van der Waals surface area (Å²) in [5.41, 5.74) is 1.34. The fraction of sp³-hybridized carbons (Fsp3) is 0.615. The van der Waals surface area contributed by atoms with Crippen LogP contribution < -0.4 is 10.3 Å². The van der Waals surface area contributed by atoms with E-state index in [0.717, 1.165) is 47.3 Å². The van der Waals surface area contributed by atoms with Crippen molar-refractivity contribution in [1.82, 2.24) is 30.1 Å². The molecule has 34 heavy (non-hydrogen) atoms. The number of hydrogen-bond donors (Lipinski definition) is 1. The largest absolute Gasteiger partial charge is 0.497 e. The molecule has 0 aliphatic heterocycles. The smallest absolute Gasteiger partial charge is 0.252 e. The molecule has 1 fully saturated rings. The monoisotopic (exact) mass is 466 g/mol. The summed E-state index contributed by atoms with van der Waals surface area (Å²) in [5, 5.41) is 14.0. The van der Waals surface area contributed by atoms with Gasteiger partial charge in [0, 0.05) is 29.1 Å². The second-order valence-corrected chi connectivity index (χ2v) is 10.5. The molecular formula is C26H38N6O2. The zero-order valence-corrected chi connectivity index (χ0v) is 21.3. The Morgan fingerprint density at radius 2 is 1.97 bits per heavy atom. The summed E-state index contributed by atoms with van der Waals surface area (Å²) < 4.78 is 7.40. The molecule has 4 rings (SSSR count). The Kier molecular flexibility index (Phi) is 7.07. The number of nitrogens with zero attached hydrogens (tertiary/aromatic N) is 5. The maximum Gasteiger partial charge on any atom is 0.252 e. The molecule has 8 heteroatoms. The molecule has 0 spiro atoms. The van der Waals surface area contributed by atoms with Gasteiger partial charge in [0.15, 0.2) is 5.82 Å². The number of rotatable bonds is 9. The average Bonchev–Trinajstić information content (AvgIpc) is 3.51. The van der Waals surface area contributed by atoms with E-state index in [1.807, 2.05) is 28.9 Å². The molecule has 184 valence electrons. The third-order valence-corrected chi connectivity index (χ3v) is 7.46. The quantitative estimate of drug-likeness (QED) is 0.487. The Labute approximate surface area is 201 Å². The third kappa shape index (κ3) is 4.73. The number of benzene rings is 1. The minimum Gasteiger partial charge on any atom is -0.497 e. The maximum atomic E-state index is 13.1. The Morgan fingerprint density at radius 3 is 2.62 bits per heavy atom. The van der Waals surface area contributed by atoms with Crippen molar-refractivity contribution in [2.45, 2.75) is 90.9 Å². The molecule has 0 saturated heterocycles. The minimum atomic E-state index is -0.190. The number of ether oxygens (including phenoxy) is 1. The van der Waals surface area contributed by atoms with Crippen LogP contribution in [0.4, 0.5) is 0 Å². The molecule has 1 N–H and O–H groups in total. The molecule has 8 nitrogen and oxygen atoms in total. The van der Waals surface area contributed by atoms with E-state index in [9.17, 15) is 4.79 Å². The predicted octanol–water partition coefficient (Wildman–Crippen LogP) is 4.81. The van der Waals surface area contributed by atoms with E-state index in [1.54, 1.807) is 7.11 Å². The highest BCUT2D eigenvalue weighted by atomic mass is 16.5. The third-order valence-electron chi connectivity index (χ3n) is 7.46. The highest BCUT2D eigenvalue weighted by Crippen LogP contribution is 2.37. The lowest BCUT2D eigenvalue weighted by molar-refractivity contribution is 0.0791. The van der Waals surface area contributed by atoms with Crippen molar-refractivity contribution in [3.05, 3.63) is 46.0 Å². The number of tetrazole rings is 1. The van der Waals surface area contributed by atoms with Gasteiger partial charge in [-0.3, -0.25) is 9.69 Å². The van der Waals surface area contributed by atoms with E-state index in [-0.39, 0.29) is 23.1 Å². The van der Waals surface area contributed by atoms with Gasteiger partial charge in [-0.15, -0.1) is 5.10 Å². The zero-order chi connectivity index (χ0) is 24.5. The molecule has 1 saturated carbocycles. The maximum absolute atomic E-state index is 13.1. The molecule has 2 heterocycles. The van der Waals surface area contributed by atoms with Gasteiger partial charge in [0.2, 0.25) is 0 Å². The van der Waals surface area contributed by atoms with E-state index in [1.165, 1.54) is 12.8 Å². The number of fused-ring (bicyclic) bond motifs is 1. The Balaban J connectivity index is 1.79. The van der Waals surface area contributed by atoms with Crippen LogP contribution >= 0.6 is 0 Å². The van der Waals surface area contributed by atoms with Gasteiger partial charge in [-0.2, -0.15) is 0 Å². The SMILES string of the molecule is CCC(C)(C)n1nnnc1C(C(C)C)N(Cc1cc2cc(OC)ccc2[nH]c1=O)C1CCCC1. The standard InChI is InChI=1S/C26H38N6O2/c1-7-26(4,5)32-24(28-29-30-32)23(17(2)3)31(20-10-8-9-11-20)16-19-14-18-15-21(34-6)12-13-22(18)27-25(19)33/h12-15,17,20,23H,7-11,16H2,1-6H3,(H,27,33). The molecule has 3 aromatic rings. The summed E-state index contributed by atoms with van der Waals surface area (Å²) in [7, 11) is 1.66. The first-order valence-corrected chi connectivity index (χ1v) is 12.5. The molecule has 1 aliphatic carbocycles. The summed E-state index contributed by atoms with van der Waals surface area (Å²) >= 11 is 0. The Hall–Kier alpha value is -2.74. The van der Waals surface area contributed by atoms with Crippen molar-refractivity contribution in [1.29, 1.82) is 0 Å². The summed E-state index contributed by atoms with van der Waals surface area (Å²) in [6.45, 7) is 11.5. The molecule has 0 amide bonds. The Bertz CT molecular complexity index is 1180. The number of aromatic amines is 1. The van der Waals surface area contributed by atoms with E-state index < -0.39 is 0 Å². The number of aromatic nitrogens is 5. The highest BCUT2D eigenvalue weighted by Gasteiger charge is 2.37. The van der Waals surface area contributed by atoms with Crippen LogP contribution in [-0.2, 0) is 12.1 Å². The van der Waals surface area contributed by atoms with Gasteiger partial charge in [0.25, 0.3) is 5.56 Å². The highest BCUT2D eigenvalue weighted by molar-refractivity contribution is 5.80. The molecule has 0 bridgehead atoms. The number of hydrogen-bond acceptors (Lipinski definition) is 6. The summed E-state index contributed by atoms with van der Waals surface area (Å²) in [5.74, 6) is 1.93. The summed E-state index contributed by atoms with van der Waals surface area (Å²) in [6.07, 6.45) is 5.60. The van der Waals surface area contributed by atoms with Crippen LogP contribution in [0.3, 0.4) is 0 Å². The average molecular weight is 467 g/mol. The van der Waals surface area contributed by atoms with Gasteiger partial charge in [0.1, 0.15) is 5.75 Å². The van der Waals surface area contributed by atoms with Gasteiger partial charge >= 0.3 is 0 Å². The number of H-pyrrole nitrogens is 1.